The number of carbonyl (C=O) groups is 1. The van der Waals surface area contributed by atoms with Crippen LogP contribution in [0.1, 0.15) is 13.8 Å². The van der Waals surface area contributed by atoms with Gasteiger partial charge in [-0.15, -0.1) is 0 Å². The van der Waals surface area contributed by atoms with Gasteiger partial charge in [0.15, 0.2) is 0 Å². The molecule has 0 aromatic heterocycles. The van der Waals surface area contributed by atoms with Crippen molar-refractivity contribution in [2.45, 2.75) is 13.8 Å². The zero-order valence-electron chi connectivity index (χ0n) is 6.60. The molecule has 1 N–H and O–H groups in total. The first kappa shape index (κ1) is 9.88. The van der Waals surface area contributed by atoms with Gasteiger partial charge in [0.25, 0.3) is 0 Å². The fourth-order valence-electron chi connectivity index (χ4n) is 0.547. The van der Waals surface area contributed by atoms with E-state index in [4.69, 9.17) is 5.11 Å². The van der Waals surface area contributed by atoms with Gasteiger partial charge in [0.05, 0.1) is 0 Å². The topological polar surface area (TPSA) is 37.3 Å². The van der Waals surface area contributed by atoms with Crippen molar-refractivity contribution in [3.05, 3.63) is 24.1 Å². The monoisotopic (exact) mass is 158 g/mol. The number of carboxylic acid groups (broad SMARTS) is 1. The summed E-state index contributed by atoms with van der Waals surface area (Å²) in [6, 6.07) is 0. The Bertz CT molecular complexity index is 206. The van der Waals surface area contributed by atoms with Crippen LogP contribution in [0.15, 0.2) is 24.1 Å². The summed E-state index contributed by atoms with van der Waals surface area (Å²) in [6.07, 6.45) is 1.30. The summed E-state index contributed by atoms with van der Waals surface area (Å²) in [6.45, 7) is 6.12. The first-order valence-corrected chi connectivity index (χ1v) is 3.22. The van der Waals surface area contributed by atoms with Gasteiger partial charge in [-0.05, 0) is 19.4 Å². The van der Waals surface area contributed by atoms with E-state index in [9.17, 15) is 9.18 Å². The Hall–Kier alpha value is -1.12. The van der Waals surface area contributed by atoms with Crippen molar-refractivity contribution >= 4 is 5.97 Å². The maximum absolute atomic E-state index is 12.9. The molecule has 62 valence electrons. The van der Waals surface area contributed by atoms with Gasteiger partial charge in [-0.1, -0.05) is 12.7 Å². The summed E-state index contributed by atoms with van der Waals surface area (Å²) in [5, 5.41) is 8.39. The number of allylic oxidation sites excluding steroid dienone is 2. The first-order chi connectivity index (χ1) is 5.00. The molecule has 2 nitrogen and oxygen atoms in total. The molecule has 0 saturated carbocycles. The molecule has 0 aromatic carbocycles. The molecular formula is C8H11FO2. The van der Waals surface area contributed by atoms with E-state index in [-0.39, 0.29) is 5.57 Å². The van der Waals surface area contributed by atoms with Crippen LogP contribution in [-0.4, -0.2) is 11.1 Å². The van der Waals surface area contributed by atoms with Gasteiger partial charge in [-0.3, -0.25) is 4.79 Å². The molecule has 0 spiro atoms. The lowest BCUT2D eigenvalue weighted by molar-refractivity contribution is -0.140. The summed E-state index contributed by atoms with van der Waals surface area (Å²) in [5.41, 5.74) is 0.278. The zero-order chi connectivity index (χ0) is 9.02. The quantitative estimate of drug-likeness (QED) is 0.639. The Kier molecular flexibility index (Phi) is 3.51. The lowest BCUT2D eigenvalue weighted by atomic mass is 10.1. The van der Waals surface area contributed by atoms with Gasteiger partial charge in [-0.25, -0.2) is 4.39 Å². The van der Waals surface area contributed by atoms with Gasteiger partial charge in [0.1, 0.15) is 11.7 Å². The highest BCUT2D eigenvalue weighted by molar-refractivity contribution is 5.72. The van der Waals surface area contributed by atoms with Gasteiger partial charge < -0.3 is 5.11 Å². The number of halogens is 1. The lowest BCUT2D eigenvalue weighted by Crippen LogP contribution is -2.10. The molecule has 1 atom stereocenters. The van der Waals surface area contributed by atoms with E-state index < -0.39 is 17.7 Å². The van der Waals surface area contributed by atoms with Crippen molar-refractivity contribution in [2.24, 2.45) is 5.92 Å². The highest BCUT2D eigenvalue weighted by atomic mass is 19.1. The Morgan fingerprint density at radius 3 is 2.45 bits per heavy atom. The summed E-state index contributed by atoms with van der Waals surface area (Å²) >= 11 is 0. The number of hydrogen-bond donors (Lipinski definition) is 1. The first-order valence-electron chi connectivity index (χ1n) is 3.22. The largest absolute Gasteiger partial charge is 0.481 e. The minimum Gasteiger partial charge on any atom is -0.481 e. The molecule has 0 saturated heterocycles. The second-order valence-corrected chi connectivity index (χ2v) is 2.29. The highest BCUT2D eigenvalue weighted by Gasteiger charge is 2.17. The van der Waals surface area contributed by atoms with Crippen molar-refractivity contribution in [3.63, 3.8) is 0 Å². The summed E-state index contributed by atoms with van der Waals surface area (Å²) in [4.78, 5) is 10.3. The average Bonchev–Trinajstić information content (AvgIpc) is 2.00. The maximum atomic E-state index is 12.9. The van der Waals surface area contributed by atoms with E-state index in [0.717, 1.165) is 0 Å². The van der Waals surface area contributed by atoms with Crippen LogP contribution in [0, 0.1) is 5.92 Å². The standard InChI is InChI=1S/C8H11FO2/c1-4-5(2)7(9)6(3)8(10)11/h4,6H,1H2,2-3H3,(H,10,11)/b7-5+/t6-/m1/s1. The number of hydrogen-bond acceptors (Lipinski definition) is 1. The summed E-state index contributed by atoms with van der Waals surface area (Å²) < 4.78 is 12.9. The SMILES string of the molecule is C=C/C(C)=C(/F)[C@@H](C)C(=O)O. The lowest BCUT2D eigenvalue weighted by Gasteiger charge is -2.03. The molecule has 0 aliphatic carbocycles. The molecule has 0 aromatic rings. The molecule has 0 bridgehead atoms. The van der Waals surface area contributed by atoms with Crippen molar-refractivity contribution in [1.29, 1.82) is 0 Å². The molecule has 0 radical (unpaired) electrons. The van der Waals surface area contributed by atoms with E-state index in [2.05, 4.69) is 6.58 Å². The fourth-order valence-corrected chi connectivity index (χ4v) is 0.547. The molecular weight excluding hydrogens is 147 g/mol. The fraction of sp³-hybridized carbons (Fsp3) is 0.375. The predicted octanol–water partition coefficient (Wildman–Crippen LogP) is 2.14. The highest BCUT2D eigenvalue weighted by Crippen LogP contribution is 2.17. The summed E-state index contributed by atoms with van der Waals surface area (Å²) in [7, 11) is 0. The third kappa shape index (κ3) is 2.53. The van der Waals surface area contributed by atoms with E-state index in [1.54, 1.807) is 0 Å². The van der Waals surface area contributed by atoms with Gasteiger partial charge in [0, 0.05) is 0 Å². The van der Waals surface area contributed by atoms with E-state index in [1.807, 2.05) is 0 Å². The third-order valence-electron chi connectivity index (χ3n) is 1.43. The van der Waals surface area contributed by atoms with Crippen LogP contribution in [-0.2, 0) is 4.79 Å². The van der Waals surface area contributed by atoms with Crippen LogP contribution in [0.5, 0.6) is 0 Å². The van der Waals surface area contributed by atoms with Gasteiger partial charge >= 0.3 is 5.97 Å². The number of aliphatic carboxylic acids is 1. The molecule has 3 heteroatoms. The Morgan fingerprint density at radius 1 is 1.73 bits per heavy atom. The van der Waals surface area contributed by atoms with Crippen molar-refractivity contribution in [1.82, 2.24) is 0 Å². The van der Waals surface area contributed by atoms with Crippen LogP contribution in [0.3, 0.4) is 0 Å². The van der Waals surface area contributed by atoms with Crippen molar-refractivity contribution in [3.8, 4) is 0 Å². The summed E-state index contributed by atoms with van der Waals surface area (Å²) in [5.74, 6) is -2.87. The Morgan fingerprint density at radius 2 is 2.18 bits per heavy atom. The second-order valence-electron chi connectivity index (χ2n) is 2.29. The smallest absolute Gasteiger partial charge is 0.313 e. The minimum atomic E-state index is -1.16. The molecule has 11 heavy (non-hydrogen) atoms. The van der Waals surface area contributed by atoms with Crippen LogP contribution in [0.25, 0.3) is 0 Å². The number of rotatable bonds is 3. The molecule has 0 heterocycles. The van der Waals surface area contributed by atoms with Crippen LogP contribution in [0.4, 0.5) is 4.39 Å². The predicted molar refractivity (Wildman–Crippen MR) is 40.8 cm³/mol. The van der Waals surface area contributed by atoms with Crippen molar-refractivity contribution in [2.75, 3.05) is 0 Å². The Balaban J connectivity index is 4.59. The third-order valence-corrected chi connectivity index (χ3v) is 1.43. The zero-order valence-corrected chi connectivity index (χ0v) is 6.60. The average molecular weight is 158 g/mol. The van der Waals surface area contributed by atoms with E-state index >= 15 is 0 Å². The van der Waals surface area contributed by atoms with Gasteiger partial charge in [0.2, 0.25) is 0 Å². The molecule has 0 amide bonds. The van der Waals surface area contributed by atoms with E-state index in [1.165, 1.54) is 19.9 Å². The van der Waals surface area contributed by atoms with Crippen LogP contribution in [0.2, 0.25) is 0 Å². The molecule has 0 fully saturated rings. The maximum Gasteiger partial charge on any atom is 0.313 e. The Labute approximate surface area is 65.0 Å². The van der Waals surface area contributed by atoms with Crippen molar-refractivity contribution < 1.29 is 14.3 Å². The normalized spacial score (nSPS) is 15.2. The van der Waals surface area contributed by atoms with Crippen LogP contribution < -0.4 is 0 Å². The molecule has 0 aliphatic rings. The molecule has 0 rings (SSSR count). The molecule has 0 unspecified atom stereocenters. The minimum absolute atomic E-state index is 0.278. The van der Waals surface area contributed by atoms with Crippen LogP contribution >= 0.6 is 0 Å². The van der Waals surface area contributed by atoms with Gasteiger partial charge in [-0.2, -0.15) is 0 Å². The van der Waals surface area contributed by atoms with E-state index in [0.29, 0.717) is 0 Å². The number of carboxylic acids is 1. The molecule has 0 aliphatic heterocycles. The second kappa shape index (κ2) is 3.91.